The molecular formula is C21H21NO5. The number of aromatic carboxylic acids is 1. The molecule has 2 aliphatic heterocycles. The molecule has 2 heterocycles. The summed E-state index contributed by atoms with van der Waals surface area (Å²) in [5.74, 6) is 0.472. The number of hydrogen-bond acceptors (Lipinski definition) is 4. The average Bonchev–Trinajstić information content (AvgIpc) is 3.17. The Morgan fingerprint density at radius 1 is 1.11 bits per heavy atom. The van der Waals surface area contributed by atoms with E-state index < -0.39 is 5.97 Å². The molecule has 1 fully saturated rings. The minimum absolute atomic E-state index is 0.00521. The van der Waals surface area contributed by atoms with E-state index in [2.05, 4.69) is 0 Å². The summed E-state index contributed by atoms with van der Waals surface area (Å²) in [6.45, 7) is 1.73. The van der Waals surface area contributed by atoms with Crippen LogP contribution in [0, 0.1) is 0 Å². The topological polar surface area (TPSA) is 76.1 Å². The molecule has 140 valence electrons. The van der Waals surface area contributed by atoms with Crippen molar-refractivity contribution in [3.63, 3.8) is 0 Å². The predicted octanol–water partition coefficient (Wildman–Crippen LogP) is 3.06. The van der Waals surface area contributed by atoms with Gasteiger partial charge in [0, 0.05) is 12.1 Å². The summed E-state index contributed by atoms with van der Waals surface area (Å²) < 4.78 is 11.5. The van der Waals surface area contributed by atoms with Crippen LogP contribution in [0.2, 0.25) is 0 Å². The van der Waals surface area contributed by atoms with Crippen LogP contribution in [0.5, 0.6) is 11.5 Å². The van der Waals surface area contributed by atoms with Gasteiger partial charge in [-0.1, -0.05) is 24.3 Å². The van der Waals surface area contributed by atoms with Gasteiger partial charge in [0.2, 0.25) is 5.91 Å². The van der Waals surface area contributed by atoms with Crippen LogP contribution in [0.15, 0.2) is 42.5 Å². The lowest BCUT2D eigenvalue weighted by Crippen LogP contribution is -2.32. The van der Waals surface area contributed by atoms with Crippen LogP contribution in [-0.2, 0) is 11.2 Å². The van der Waals surface area contributed by atoms with Crippen molar-refractivity contribution in [1.29, 1.82) is 0 Å². The van der Waals surface area contributed by atoms with Crippen LogP contribution in [0.3, 0.4) is 0 Å². The Morgan fingerprint density at radius 3 is 2.78 bits per heavy atom. The highest BCUT2D eigenvalue weighted by Gasteiger charge is 2.33. The number of ether oxygens (including phenoxy) is 2. The summed E-state index contributed by atoms with van der Waals surface area (Å²) in [7, 11) is 0. The van der Waals surface area contributed by atoms with Gasteiger partial charge in [0.15, 0.2) is 11.5 Å². The maximum Gasteiger partial charge on any atom is 0.335 e. The van der Waals surface area contributed by atoms with Gasteiger partial charge in [0.05, 0.1) is 18.0 Å². The number of amides is 1. The lowest BCUT2D eigenvalue weighted by Gasteiger charge is -2.29. The van der Waals surface area contributed by atoms with Crippen LogP contribution < -0.4 is 9.47 Å². The van der Waals surface area contributed by atoms with E-state index in [0.717, 1.165) is 29.9 Å². The fourth-order valence-corrected chi connectivity index (χ4v) is 3.84. The molecule has 1 unspecified atom stereocenters. The van der Waals surface area contributed by atoms with Crippen molar-refractivity contribution >= 4 is 11.9 Å². The molecule has 2 aromatic rings. The van der Waals surface area contributed by atoms with Crippen molar-refractivity contribution in [2.24, 2.45) is 0 Å². The normalized spacial score (nSPS) is 18.4. The number of carbonyl (C=O) groups is 2. The second kappa shape index (κ2) is 7.31. The number of hydrogen-bond donors (Lipinski definition) is 1. The highest BCUT2D eigenvalue weighted by molar-refractivity contribution is 5.88. The Hall–Kier alpha value is -3.02. The third-order valence-electron chi connectivity index (χ3n) is 5.06. The quantitative estimate of drug-likeness (QED) is 0.899. The lowest BCUT2D eigenvalue weighted by molar-refractivity contribution is -0.131. The van der Waals surface area contributed by atoms with Gasteiger partial charge in [0.25, 0.3) is 0 Å². The second-order valence-corrected chi connectivity index (χ2v) is 6.80. The first-order valence-corrected chi connectivity index (χ1v) is 9.13. The van der Waals surface area contributed by atoms with E-state index in [1.165, 1.54) is 6.07 Å². The maximum absolute atomic E-state index is 13.0. The molecule has 2 aromatic carbocycles. The summed E-state index contributed by atoms with van der Waals surface area (Å²) in [4.78, 5) is 26.0. The minimum atomic E-state index is -0.989. The van der Waals surface area contributed by atoms with Crippen molar-refractivity contribution in [3.05, 3.63) is 59.2 Å². The first kappa shape index (κ1) is 17.4. The third kappa shape index (κ3) is 3.47. The van der Waals surface area contributed by atoms with Crippen LogP contribution in [-0.4, -0.2) is 41.6 Å². The maximum atomic E-state index is 13.0. The number of likely N-dealkylation sites (tertiary alicyclic amines) is 1. The monoisotopic (exact) mass is 367 g/mol. The molecular weight excluding hydrogens is 346 g/mol. The predicted molar refractivity (Wildman–Crippen MR) is 98.2 cm³/mol. The van der Waals surface area contributed by atoms with Gasteiger partial charge in [0.1, 0.15) is 13.2 Å². The number of carboxylic acid groups (broad SMARTS) is 1. The van der Waals surface area contributed by atoms with E-state index in [0.29, 0.717) is 25.3 Å². The molecule has 0 bridgehead atoms. The summed E-state index contributed by atoms with van der Waals surface area (Å²) in [5.41, 5.74) is 1.89. The van der Waals surface area contributed by atoms with Crippen LogP contribution >= 0.6 is 0 Å². The number of carbonyl (C=O) groups excluding carboxylic acids is 1. The summed E-state index contributed by atoms with van der Waals surface area (Å²) in [5, 5.41) is 9.14. The Balaban J connectivity index is 1.56. The molecule has 1 amide bonds. The largest absolute Gasteiger partial charge is 0.486 e. The van der Waals surface area contributed by atoms with E-state index in [1.807, 2.05) is 23.1 Å². The smallest absolute Gasteiger partial charge is 0.335 e. The molecule has 1 atom stereocenters. The molecule has 4 rings (SSSR count). The van der Waals surface area contributed by atoms with Gasteiger partial charge in [-0.2, -0.15) is 0 Å². The Bertz CT molecular complexity index is 879. The van der Waals surface area contributed by atoms with Crippen molar-refractivity contribution in [3.8, 4) is 11.5 Å². The van der Waals surface area contributed by atoms with Crippen molar-refractivity contribution in [2.75, 3.05) is 19.8 Å². The molecule has 27 heavy (non-hydrogen) atoms. The minimum Gasteiger partial charge on any atom is -0.486 e. The molecule has 0 radical (unpaired) electrons. The first-order valence-electron chi connectivity index (χ1n) is 9.13. The molecule has 0 saturated carbocycles. The molecule has 1 saturated heterocycles. The average molecular weight is 367 g/mol. The van der Waals surface area contributed by atoms with Gasteiger partial charge in [-0.25, -0.2) is 4.79 Å². The highest BCUT2D eigenvalue weighted by Crippen LogP contribution is 2.42. The second-order valence-electron chi connectivity index (χ2n) is 6.80. The van der Waals surface area contributed by atoms with Crippen molar-refractivity contribution in [2.45, 2.75) is 25.3 Å². The standard InChI is InChI=1S/C21H21NO5/c23-19(13-14-4-1-5-15(12-14)21(24)25)22-9-3-7-17(22)16-6-2-8-18-20(16)27-11-10-26-18/h1-2,4-6,8,12,17H,3,7,9-11,13H2,(H,24,25). The van der Waals surface area contributed by atoms with Gasteiger partial charge >= 0.3 is 5.97 Å². The number of benzene rings is 2. The van der Waals surface area contributed by atoms with Crippen molar-refractivity contribution < 1.29 is 24.2 Å². The lowest BCUT2D eigenvalue weighted by atomic mass is 10.0. The molecule has 0 aromatic heterocycles. The number of fused-ring (bicyclic) bond motifs is 1. The number of rotatable bonds is 4. The van der Waals surface area contributed by atoms with Gasteiger partial charge in [-0.3, -0.25) is 4.79 Å². The fourth-order valence-electron chi connectivity index (χ4n) is 3.84. The Kier molecular flexibility index (Phi) is 4.71. The first-order chi connectivity index (χ1) is 13.1. The van der Waals surface area contributed by atoms with E-state index in [1.54, 1.807) is 18.2 Å². The SMILES string of the molecule is O=C(O)c1cccc(CC(=O)N2CCCC2c2cccc3c2OCCO3)c1. The Labute approximate surface area is 157 Å². The van der Waals surface area contributed by atoms with E-state index >= 15 is 0 Å². The van der Waals surface area contributed by atoms with E-state index in [4.69, 9.17) is 14.6 Å². The molecule has 2 aliphatic rings. The van der Waals surface area contributed by atoms with Gasteiger partial charge in [-0.15, -0.1) is 0 Å². The van der Waals surface area contributed by atoms with Crippen LogP contribution in [0.1, 0.15) is 40.4 Å². The van der Waals surface area contributed by atoms with Gasteiger partial charge in [-0.05, 0) is 36.6 Å². The third-order valence-corrected chi connectivity index (χ3v) is 5.06. The van der Waals surface area contributed by atoms with E-state index in [-0.39, 0.29) is 23.9 Å². The van der Waals surface area contributed by atoms with E-state index in [9.17, 15) is 9.59 Å². The molecule has 0 aliphatic carbocycles. The van der Waals surface area contributed by atoms with Crippen LogP contribution in [0.4, 0.5) is 0 Å². The molecule has 0 spiro atoms. The zero-order chi connectivity index (χ0) is 18.8. The zero-order valence-electron chi connectivity index (χ0n) is 14.9. The highest BCUT2D eigenvalue weighted by atomic mass is 16.6. The molecule has 6 heteroatoms. The number of nitrogens with zero attached hydrogens (tertiary/aromatic N) is 1. The Morgan fingerprint density at radius 2 is 1.93 bits per heavy atom. The number of carboxylic acids is 1. The molecule has 1 N–H and O–H groups in total. The summed E-state index contributed by atoms with van der Waals surface area (Å²) >= 11 is 0. The zero-order valence-corrected chi connectivity index (χ0v) is 14.9. The summed E-state index contributed by atoms with van der Waals surface area (Å²) in [6.07, 6.45) is 1.99. The molecule has 6 nitrogen and oxygen atoms in total. The van der Waals surface area contributed by atoms with Gasteiger partial charge < -0.3 is 19.5 Å². The van der Waals surface area contributed by atoms with Crippen LogP contribution in [0.25, 0.3) is 0 Å². The number of para-hydroxylation sites is 1. The summed E-state index contributed by atoms with van der Waals surface area (Å²) in [6, 6.07) is 12.3. The van der Waals surface area contributed by atoms with Crippen molar-refractivity contribution in [1.82, 2.24) is 4.90 Å². The fraction of sp³-hybridized carbons (Fsp3) is 0.333.